The summed E-state index contributed by atoms with van der Waals surface area (Å²) in [5.41, 5.74) is 1.71. The van der Waals surface area contributed by atoms with Gasteiger partial charge in [-0.05, 0) is 60.4 Å². The monoisotopic (exact) mass is 469 g/mol. The van der Waals surface area contributed by atoms with E-state index in [2.05, 4.69) is 15.5 Å². The van der Waals surface area contributed by atoms with Crippen molar-refractivity contribution in [1.82, 2.24) is 15.5 Å². The first kappa shape index (κ1) is 22.2. The molecule has 4 rings (SSSR count). The Kier molecular flexibility index (Phi) is 7.28. The number of hydrogen-bond donors (Lipinski definition) is 1. The number of furan rings is 1. The van der Waals surface area contributed by atoms with Gasteiger partial charge in [-0.25, -0.2) is 4.39 Å². The number of carbonyl (C=O) groups is 1. The molecule has 2 heterocycles. The van der Waals surface area contributed by atoms with Gasteiger partial charge in [0.05, 0.1) is 11.5 Å². The minimum atomic E-state index is -0.296. The van der Waals surface area contributed by atoms with Crippen LogP contribution in [0, 0.1) is 5.82 Å². The van der Waals surface area contributed by atoms with Crippen LogP contribution in [0.2, 0.25) is 0 Å². The van der Waals surface area contributed by atoms with Crippen molar-refractivity contribution in [1.29, 1.82) is 0 Å². The summed E-state index contributed by atoms with van der Waals surface area (Å²) in [7, 11) is 0. The second kappa shape index (κ2) is 10.5. The van der Waals surface area contributed by atoms with Gasteiger partial charge in [-0.15, -0.1) is 23.5 Å². The van der Waals surface area contributed by atoms with Gasteiger partial charge in [-0.3, -0.25) is 4.79 Å². The van der Waals surface area contributed by atoms with Crippen LogP contribution in [0.1, 0.15) is 11.3 Å². The SMILES string of the molecule is CSc1ccc(-c2noc(-c3ccc(CSCC(=O)NCc4ccc(F)cc4)o3)n2)cc1. The number of benzene rings is 2. The van der Waals surface area contributed by atoms with Crippen LogP contribution in [-0.2, 0) is 17.1 Å². The molecule has 2 aromatic heterocycles. The molecule has 0 saturated heterocycles. The lowest BCUT2D eigenvalue weighted by molar-refractivity contribution is -0.118. The van der Waals surface area contributed by atoms with Crippen LogP contribution in [0.25, 0.3) is 23.0 Å². The Morgan fingerprint density at radius 2 is 1.84 bits per heavy atom. The molecular formula is C23H20FN3O3S2. The summed E-state index contributed by atoms with van der Waals surface area (Å²) in [5, 5.41) is 6.85. The molecule has 4 aromatic rings. The van der Waals surface area contributed by atoms with Crippen LogP contribution >= 0.6 is 23.5 Å². The molecule has 9 heteroatoms. The van der Waals surface area contributed by atoms with Gasteiger partial charge in [0.2, 0.25) is 11.7 Å². The second-order valence-electron chi connectivity index (χ2n) is 6.81. The second-order valence-corrected chi connectivity index (χ2v) is 8.68. The molecule has 0 aliphatic heterocycles. The van der Waals surface area contributed by atoms with E-state index in [0.717, 1.165) is 16.0 Å². The zero-order valence-electron chi connectivity index (χ0n) is 17.2. The van der Waals surface area contributed by atoms with Gasteiger partial charge in [0.15, 0.2) is 5.76 Å². The fraction of sp³-hybridized carbons (Fsp3) is 0.174. The van der Waals surface area contributed by atoms with Crippen LogP contribution in [0.5, 0.6) is 0 Å². The Morgan fingerprint density at radius 1 is 1.06 bits per heavy atom. The molecule has 1 amide bonds. The highest BCUT2D eigenvalue weighted by Gasteiger charge is 2.14. The van der Waals surface area contributed by atoms with Crippen molar-refractivity contribution >= 4 is 29.4 Å². The minimum absolute atomic E-state index is 0.0971. The molecular weight excluding hydrogens is 449 g/mol. The van der Waals surface area contributed by atoms with Gasteiger partial charge in [-0.2, -0.15) is 4.98 Å². The van der Waals surface area contributed by atoms with E-state index < -0.39 is 0 Å². The van der Waals surface area contributed by atoms with Crippen molar-refractivity contribution in [2.75, 3.05) is 12.0 Å². The Bertz CT molecular complexity index is 1170. The summed E-state index contributed by atoms with van der Waals surface area (Å²) in [5.74, 6) is 2.42. The number of aromatic nitrogens is 2. The number of nitrogens with one attached hydrogen (secondary N) is 1. The van der Waals surface area contributed by atoms with Crippen LogP contribution in [-0.4, -0.2) is 28.1 Å². The van der Waals surface area contributed by atoms with Gasteiger partial charge >= 0.3 is 0 Å². The van der Waals surface area contributed by atoms with Crippen molar-refractivity contribution in [3.8, 4) is 23.0 Å². The summed E-state index contributed by atoms with van der Waals surface area (Å²) < 4.78 is 24.0. The molecule has 2 aromatic carbocycles. The number of thioether (sulfide) groups is 2. The predicted octanol–water partition coefficient (Wildman–Crippen LogP) is 5.41. The Hall–Kier alpha value is -3.04. The van der Waals surface area contributed by atoms with Crippen LogP contribution < -0.4 is 5.32 Å². The summed E-state index contributed by atoms with van der Waals surface area (Å²) in [6.45, 7) is 0.365. The Morgan fingerprint density at radius 3 is 2.59 bits per heavy atom. The number of rotatable bonds is 9. The third kappa shape index (κ3) is 5.80. The third-order valence-electron chi connectivity index (χ3n) is 4.53. The fourth-order valence-corrected chi connectivity index (χ4v) is 4.00. The van der Waals surface area contributed by atoms with Crippen LogP contribution in [0.4, 0.5) is 4.39 Å². The smallest absolute Gasteiger partial charge is 0.293 e. The zero-order chi connectivity index (χ0) is 22.3. The number of halogens is 1. The van der Waals surface area contributed by atoms with E-state index >= 15 is 0 Å². The maximum atomic E-state index is 12.9. The average molecular weight is 470 g/mol. The molecule has 0 bridgehead atoms. The highest BCUT2D eigenvalue weighted by atomic mass is 32.2. The van der Waals surface area contributed by atoms with Crippen LogP contribution in [0.15, 0.2) is 74.5 Å². The van der Waals surface area contributed by atoms with Crippen molar-refractivity contribution < 1.29 is 18.1 Å². The Labute approximate surface area is 193 Å². The van der Waals surface area contributed by atoms with E-state index in [1.54, 1.807) is 30.0 Å². The van der Waals surface area contributed by atoms with E-state index in [-0.39, 0.29) is 17.5 Å². The molecule has 0 saturated carbocycles. The molecule has 0 aliphatic carbocycles. The maximum Gasteiger partial charge on any atom is 0.293 e. The molecule has 6 nitrogen and oxygen atoms in total. The van der Waals surface area contributed by atoms with E-state index in [1.165, 1.54) is 23.9 Å². The largest absolute Gasteiger partial charge is 0.455 e. The van der Waals surface area contributed by atoms with Gasteiger partial charge in [0.25, 0.3) is 5.89 Å². The van der Waals surface area contributed by atoms with Crippen LogP contribution in [0.3, 0.4) is 0 Å². The first-order valence-corrected chi connectivity index (χ1v) is 12.1. The fourth-order valence-electron chi connectivity index (χ4n) is 2.85. The van der Waals surface area contributed by atoms with Gasteiger partial charge < -0.3 is 14.3 Å². The molecule has 32 heavy (non-hydrogen) atoms. The normalized spacial score (nSPS) is 10.9. The summed E-state index contributed by atoms with van der Waals surface area (Å²) in [6.07, 6.45) is 2.02. The Balaban J connectivity index is 1.26. The lowest BCUT2D eigenvalue weighted by Gasteiger charge is -2.05. The van der Waals surface area contributed by atoms with E-state index in [0.29, 0.717) is 35.5 Å². The first-order chi connectivity index (χ1) is 15.6. The first-order valence-electron chi connectivity index (χ1n) is 9.77. The number of carbonyl (C=O) groups excluding carboxylic acids is 1. The molecule has 0 unspecified atom stereocenters. The topological polar surface area (TPSA) is 81.2 Å². The lowest BCUT2D eigenvalue weighted by Crippen LogP contribution is -2.24. The maximum absolute atomic E-state index is 12.9. The molecule has 0 spiro atoms. The van der Waals surface area contributed by atoms with E-state index in [4.69, 9.17) is 8.94 Å². The van der Waals surface area contributed by atoms with Gasteiger partial charge in [0.1, 0.15) is 11.6 Å². The molecule has 0 fully saturated rings. The van der Waals surface area contributed by atoms with Gasteiger partial charge in [0, 0.05) is 17.0 Å². The van der Waals surface area contributed by atoms with E-state index in [9.17, 15) is 9.18 Å². The van der Waals surface area contributed by atoms with Crippen molar-refractivity contribution in [3.63, 3.8) is 0 Å². The van der Waals surface area contributed by atoms with Gasteiger partial charge in [-0.1, -0.05) is 17.3 Å². The standard InChI is InChI=1S/C23H20FN3O3S2/c1-31-19-9-4-16(5-10-19)22-26-23(30-27-22)20-11-8-18(29-20)13-32-14-21(28)25-12-15-2-6-17(24)7-3-15/h2-11H,12-14H2,1H3,(H,25,28). The quantitative estimate of drug-likeness (QED) is 0.328. The number of hydrogen-bond acceptors (Lipinski definition) is 7. The molecule has 0 atom stereocenters. The third-order valence-corrected chi connectivity index (χ3v) is 6.23. The highest BCUT2D eigenvalue weighted by molar-refractivity contribution is 7.99. The summed E-state index contributed by atoms with van der Waals surface area (Å²) in [4.78, 5) is 17.6. The molecule has 1 N–H and O–H groups in total. The average Bonchev–Trinajstić information content (AvgIpc) is 3.49. The van der Waals surface area contributed by atoms with E-state index in [1.807, 2.05) is 36.6 Å². The van der Waals surface area contributed by atoms with Crippen molar-refractivity contribution in [2.24, 2.45) is 0 Å². The molecule has 0 radical (unpaired) electrons. The zero-order valence-corrected chi connectivity index (χ0v) is 18.8. The number of nitrogens with zero attached hydrogens (tertiary/aromatic N) is 2. The predicted molar refractivity (Wildman–Crippen MR) is 124 cm³/mol. The molecule has 0 aliphatic rings. The minimum Gasteiger partial charge on any atom is -0.455 e. The number of amides is 1. The van der Waals surface area contributed by atoms with Crippen molar-refractivity contribution in [3.05, 3.63) is 77.8 Å². The molecule has 164 valence electrons. The lowest BCUT2D eigenvalue weighted by atomic mass is 10.2. The van der Waals surface area contributed by atoms with Crippen molar-refractivity contribution in [2.45, 2.75) is 17.2 Å². The summed E-state index contributed by atoms with van der Waals surface area (Å²) in [6, 6.07) is 17.6. The highest BCUT2D eigenvalue weighted by Crippen LogP contribution is 2.26. The summed E-state index contributed by atoms with van der Waals surface area (Å²) >= 11 is 3.10.